The fourth-order valence-electron chi connectivity index (χ4n) is 5.20. The number of fused-ring (bicyclic) bond motifs is 5. The highest BCUT2D eigenvalue weighted by molar-refractivity contribution is 7.15. The highest BCUT2D eigenvalue weighted by Crippen LogP contribution is 2.44. The van der Waals surface area contributed by atoms with E-state index in [1.165, 1.54) is 46.8 Å². The summed E-state index contributed by atoms with van der Waals surface area (Å²) in [4.78, 5) is 16.7. The number of nitrogens with zero attached hydrogens (tertiary/aromatic N) is 2. The second-order valence-electron chi connectivity index (χ2n) is 8.97. The predicted octanol–water partition coefficient (Wildman–Crippen LogP) is 6.97. The third-order valence-electron chi connectivity index (χ3n) is 6.74. The number of amides is 2. The van der Waals surface area contributed by atoms with Crippen LogP contribution in [0, 0.1) is 17.5 Å². The van der Waals surface area contributed by atoms with Gasteiger partial charge in [-0.2, -0.15) is 0 Å². The van der Waals surface area contributed by atoms with Crippen LogP contribution in [0.25, 0.3) is 5.00 Å². The van der Waals surface area contributed by atoms with Gasteiger partial charge in [-0.25, -0.2) is 18.0 Å². The van der Waals surface area contributed by atoms with Crippen LogP contribution in [-0.2, 0) is 19.4 Å². The van der Waals surface area contributed by atoms with Gasteiger partial charge in [0.2, 0.25) is 0 Å². The van der Waals surface area contributed by atoms with Crippen LogP contribution in [0.15, 0.2) is 60.8 Å². The topological polar surface area (TPSA) is 37.3 Å². The molecule has 0 bridgehead atoms. The van der Waals surface area contributed by atoms with E-state index in [9.17, 15) is 18.0 Å². The molecule has 1 N–H and O–H groups in total. The van der Waals surface area contributed by atoms with E-state index in [2.05, 4.69) is 9.88 Å². The molecule has 4 nitrogen and oxygen atoms in total. The molecule has 4 aromatic rings. The van der Waals surface area contributed by atoms with Crippen LogP contribution >= 0.6 is 11.3 Å². The highest BCUT2D eigenvalue weighted by Gasteiger charge is 2.36. The molecule has 0 spiro atoms. The van der Waals surface area contributed by atoms with Crippen LogP contribution in [0.3, 0.4) is 0 Å². The van der Waals surface area contributed by atoms with Crippen molar-refractivity contribution in [2.75, 3.05) is 5.32 Å². The quantitative estimate of drug-likeness (QED) is 0.322. The minimum Gasteiger partial charge on any atom is -0.310 e. The van der Waals surface area contributed by atoms with Crippen LogP contribution in [-0.4, -0.2) is 15.5 Å². The van der Waals surface area contributed by atoms with Crippen molar-refractivity contribution < 1.29 is 18.0 Å². The molecule has 2 aliphatic rings. The van der Waals surface area contributed by atoms with Crippen LogP contribution in [0.4, 0.5) is 23.7 Å². The molecule has 178 valence electrons. The number of rotatable bonds is 2. The highest BCUT2D eigenvalue weighted by atomic mass is 32.1. The number of aryl methyl sites for hydroxylation is 1. The molecule has 1 aliphatic heterocycles. The molecule has 8 heteroatoms. The largest absolute Gasteiger partial charge is 0.322 e. The Labute approximate surface area is 204 Å². The average Bonchev–Trinajstić information content (AvgIpc) is 3.41. The third-order valence-corrected chi connectivity index (χ3v) is 8.07. The van der Waals surface area contributed by atoms with Crippen LogP contribution in [0.1, 0.15) is 46.1 Å². The molecule has 2 aromatic heterocycles. The average molecular weight is 494 g/mol. The van der Waals surface area contributed by atoms with E-state index in [0.717, 1.165) is 48.0 Å². The Kier molecular flexibility index (Phi) is 5.40. The maximum atomic E-state index is 14.3. The zero-order valence-electron chi connectivity index (χ0n) is 18.7. The smallest absolute Gasteiger partial charge is 0.310 e. The first-order valence-electron chi connectivity index (χ1n) is 11.6. The Morgan fingerprint density at radius 3 is 2.43 bits per heavy atom. The summed E-state index contributed by atoms with van der Waals surface area (Å²) in [6.07, 6.45) is 6.15. The summed E-state index contributed by atoms with van der Waals surface area (Å²) in [5.41, 5.74) is 3.90. The van der Waals surface area contributed by atoms with Crippen molar-refractivity contribution in [3.63, 3.8) is 0 Å². The lowest BCUT2D eigenvalue weighted by Crippen LogP contribution is -2.38. The van der Waals surface area contributed by atoms with E-state index in [1.54, 1.807) is 16.2 Å². The summed E-state index contributed by atoms with van der Waals surface area (Å²) in [6, 6.07) is 11.5. The van der Waals surface area contributed by atoms with E-state index in [4.69, 9.17) is 0 Å². The summed E-state index contributed by atoms with van der Waals surface area (Å²) >= 11 is 1.74. The first-order valence-corrected chi connectivity index (χ1v) is 12.4. The molecule has 0 radical (unpaired) electrons. The van der Waals surface area contributed by atoms with E-state index >= 15 is 0 Å². The maximum absolute atomic E-state index is 14.3. The zero-order valence-corrected chi connectivity index (χ0v) is 19.5. The SMILES string of the molecule is O=C(Nc1ccc(F)cc1)N1Cc2c(sc3c2CCCC3)-n2cccc2[C@H]1c1cc(F)cc(F)c1. The van der Waals surface area contributed by atoms with Crippen molar-refractivity contribution in [1.29, 1.82) is 0 Å². The normalized spacial score (nSPS) is 16.8. The lowest BCUT2D eigenvalue weighted by molar-refractivity contribution is 0.194. The second-order valence-corrected chi connectivity index (χ2v) is 10.1. The monoisotopic (exact) mass is 493 g/mol. The molecule has 0 unspecified atom stereocenters. The van der Waals surface area contributed by atoms with Crippen molar-refractivity contribution >= 4 is 23.1 Å². The second kappa shape index (κ2) is 8.61. The van der Waals surface area contributed by atoms with E-state index < -0.39 is 29.5 Å². The van der Waals surface area contributed by atoms with Crippen molar-refractivity contribution in [2.45, 2.75) is 38.3 Å². The molecule has 2 aromatic carbocycles. The van der Waals surface area contributed by atoms with E-state index in [0.29, 0.717) is 17.8 Å². The molecule has 3 heterocycles. The summed E-state index contributed by atoms with van der Waals surface area (Å²) in [7, 11) is 0. The number of hydrogen-bond acceptors (Lipinski definition) is 2. The third kappa shape index (κ3) is 3.91. The standard InChI is InChI=1S/C27H22F3N3OS/c28-17-7-9-20(10-8-17)31-27(34)33-15-22-21-4-1-2-6-24(21)35-26(22)32-11-3-5-23(32)25(33)16-12-18(29)14-19(30)13-16/h3,5,7-14,25H,1-2,4,6,15H2,(H,31,34)/t25-/m1/s1. The molecule has 0 saturated carbocycles. The Bertz CT molecular complexity index is 1410. The number of urea groups is 1. The number of carbonyl (C=O) groups is 1. The summed E-state index contributed by atoms with van der Waals surface area (Å²) in [6.45, 7) is 0.290. The minimum absolute atomic E-state index is 0.290. The van der Waals surface area contributed by atoms with Gasteiger partial charge in [-0.3, -0.25) is 0 Å². The van der Waals surface area contributed by atoms with Gasteiger partial charge in [0, 0.05) is 28.4 Å². The van der Waals surface area contributed by atoms with Crippen LogP contribution in [0.2, 0.25) is 0 Å². The van der Waals surface area contributed by atoms with Crippen LogP contribution in [0.5, 0.6) is 0 Å². The van der Waals surface area contributed by atoms with Gasteiger partial charge in [-0.05, 0) is 85.3 Å². The van der Waals surface area contributed by atoms with Crippen molar-refractivity contribution in [3.8, 4) is 5.00 Å². The van der Waals surface area contributed by atoms with Crippen LogP contribution < -0.4 is 5.32 Å². The first kappa shape index (κ1) is 22.0. The van der Waals surface area contributed by atoms with Gasteiger partial charge in [0.1, 0.15) is 28.5 Å². The Morgan fingerprint density at radius 2 is 1.66 bits per heavy atom. The lowest BCUT2D eigenvalue weighted by atomic mass is 9.95. The van der Waals surface area contributed by atoms with Gasteiger partial charge in [-0.1, -0.05) is 0 Å². The molecular weight excluding hydrogens is 471 g/mol. The first-order chi connectivity index (χ1) is 17.0. The van der Waals surface area contributed by atoms with Gasteiger partial charge in [0.25, 0.3) is 0 Å². The van der Waals surface area contributed by atoms with E-state index in [1.807, 2.05) is 18.3 Å². The molecule has 1 aliphatic carbocycles. The van der Waals surface area contributed by atoms with Crippen molar-refractivity contribution in [1.82, 2.24) is 9.47 Å². The Hall–Kier alpha value is -3.52. The minimum atomic E-state index is -0.727. The van der Waals surface area contributed by atoms with Gasteiger partial charge < -0.3 is 14.8 Å². The molecule has 0 fully saturated rings. The summed E-state index contributed by atoms with van der Waals surface area (Å²) in [5, 5.41) is 3.90. The summed E-state index contributed by atoms with van der Waals surface area (Å²) < 4.78 is 44.1. The predicted molar refractivity (Wildman–Crippen MR) is 129 cm³/mol. The Balaban J connectivity index is 1.51. The van der Waals surface area contributed by atoms with Gasteiger partial charge in [0.15, 0.2) is 0 Å². The van der Waals surface area contributed by atoms with Crippen molar-refractivity contribution in [2.24, 2.45) is 0 Å². The summed E-state index contributed by atoms with van der Waals surface area (Å²) in [5.74, 6) is -1.81. The van der Waals surface area contributed by atoms with Gasteiger partial charge in [-0.15, -0.1) is 11.3 Å². The van der Waals surface area contributed by atoms with E-state index in [-0.39, 0.29) is 0 Å². The number of carbonyl (C=O) groups excluding carboxylic acids is 1. The molecular formula is C27H22F3N3OS. The molecule has 0 saturated heterocycles. The van der Waals surface area contributed by atoms with Gasteiger partial charge in [0.05, 0.1) is 12.2 Å². The number of thiophene rings is 1. The Morgan fingerprint density at radius 1 is 0.914 bits per heavy atom. The molecule has 1 atom stereocenters. The number of halogens is 3. The number of benzene rings is 2. The van der Waals surface area contributed by atoms with Gasteiger partial charge >= 0.3 is 6.03 Å². The van der Waals surface area contributed by atoms with Crippen molar-refractivity contribution in [3.05, 3.63) is 106 Å². The fourth-order valence-corrected chi connectivity index (χ4v) is 6.60. The molecule has 6 rings (SSSR count). The lowest BCUT2D eigenvalue weighted by Gasteiger charge is -2.31. The number of aromatic nitrogens is 1. The molecule has 35 heavy (non-hydrogen) atoms. The number of anilines is 1. The fraction of sp³-hybridized carbons (Fsp3) is 0.222. The molecule has 2 amide bonds. The number of nitrogens with one attached hydrogen (secondary N) is 1. The number of hydrogen-bond donors (Lipinski definition) is 1. The maximum Gasteiger partial charge on any atom is 0.322 e. The zero-order chi connectivity index (χ0) is 24.1.